The number of piperidine rings is 1. The average molecular weight is 287 g/mol. The lowest BCUT2D eigenvalue weighted by Gasteiger charge is -2.29. The Hall–Kier alpha value is -1.81. The quantitative estimate of drug-likeness (QED) is 0.923. The van der Waals surface area contributed by atoms with Crippen molar-refractivity contribution in [1.82, 2.24) is 4.90 Å². The molecule has 2 heterocycles. The molecule has 1 aromatic heterocycles. The van der Waals surface area contributed by atoms with E-state index in [0.29, 0.717) is 32.4 Å². The van der Waals surface area contributed by atoms with Gasteiger partial charge in [-0.2, -0.15) is 0 Å². The number of rotatable bonds is 2. The molecule has 112 valence electrons. The molecule has 0 spiro atoms. The van der Waals surface area contributed by atoms with Crippen LogP contribution in [-0.4, -0.2) is 35.1 Å². The summed E-state index contributed by atoms with van der Waals surface area (Å²) in [6.07, 6.45) is 3.16. The molecule has 0 bridgehead atoms. The fourth-order valence-corrected chi connectivity index (χ4v) is 2.86. The summed E-state index contributed by atoms with van der Waals surface area (Å²) in [5.74, 6) is 0.114. The van der Waals surface area contributed by atoms with Crippen molar-refractivity contribution < 1.29 is 14.3 Å². The zero-order valence-electron chi connectivity index (χ0n) is 12.6. The molecular formula is C17H21NO3. The Bertz CT molecular complexity index is 666. The summed E-state index contributed by atoms with van der Waals surface area (Å²) >= 11 is 0. The normalized spacial score (nSPS) is 16.6. The fourth-order valence-electron chi connectivity index (χ4n) is 2.86. The monoisotopic (exact) mass is 287 g/mol. The maximum atomic E-state index is 12.4. The highest BCUT2D eigenvalue weighted by atomic mass is 16.3. The van der Waals surface area contributed by atoms with Crippen molar-refractivity contribution in [2.75, 3.05) is 13.1 Å². The SMILES string of the molecule is Cc1cc2occ(CC(=O)N3CCC(O)CC3)c2cc1C. The maximum absolute atomic E-state index is 12.4. The Morgan fingerprint density at radius 2 is 1.95 bits per heavy atom. The number of amides is 1. The molecule has 1 N–H and O–H groups in total. The van der Waals surface area contributed by atoms with Crippen molar-refractivity contribution in [3.8, 4) is 0 Å². The number of carbonyl (C=O) groups is 1. The lowest BCUT2D eigenvalue weighted by molar-refractivity contribution is -0.132. The zero-order chi connectivity index (χ0) is 15.0. The van der Waals surface area contributed by atoms with Crippen LogP contribution in [0.4, 0.5) is 0 Å². The first-order valence-electron chi connectivity index (χ1n) is 7.48. The highest BCUT2D eigenvalue weighted by Crippen LogP contribution is 2.25. The minimum absolute atomic E-state index is 0.114. The molecule has 1 aromatic carbocycles. The van der Waals surface area contributed by atoms with Crippen LogP contribution in [0, 0.1) is 13.8 Å². The van der Waals surface area contributed by atoms with Crippen LogP contribution >= 0.6 is 0 Å². The van der Waals surface area contributed by atoms with Gasteiger partial charge in [-0.1, -0.05) is 0 Å². The van der Waals surface area contributed by atoms with E-state index in [2.05, 4.69) is 19.9 Å². The molecular weight excluding hydrogens is 266 g/mol. The van der Waals surface area contributed by atoms with Gasteiger partial charge in [0.2, 0.25) is 5.91 Å². The molecule has 2 aromatic rings. The van der Waals surface area contributed by atoms with E-state index in [1.165, 1.54) is 11.1 Å². The largest absolute Gasteiger partial charge is 0.464 e. The van der Waals surface area contributed by atoms with Crippen LogP contribution in [0.25, 0.3) is 11.0 Å². The number of fused-ring (bicyclic) bond motifs is 1. The standard InChI is InChI=1S/C17H21NO3/c1-11-7-15-13(10-21-16(15)8-12(11)2)9-17(20)18-5-3-14(19)4-6-18/h7-8,10,14,19H,3-6,9H2,1-2H3. The highest BCUT2D eigenvalue weighted by Gasteiger charge is 2.22. The lowest BCUT2D eigenvalue weighted by Crippen LogP contribution is -2.40. The predicted octanol–water partition coefficient (Wildman–Crippen LogP) is 2.58. The first-order valence-corrected chi connectivity index (χ1v) is 7.48. The van der Waals surface area contributed by atoms with Gasteiger partial charge in [-0.15, -0.1) is 0 Å². The third-order valence-corrected chi connectivity index (χ3v) is 4.43. The molecule has 1 saturated heterocycles. The van der Waals surface area contributed by atoms with Gasteiger partial charge < -0.3 is 14.4 Å². The average Bonchev–Trinajstić information content (AvgIpc) is 2.82. The van der Waals surface area contributed by atoms with E-state index in [4.69, 9.17) is 4.42 Å². The second-order valence-electron chi connectivity index (χ2n) is 5.98. The molecule has 1 aliphatic heterocycles. The fraction of sp³-hybridized carbons (Fsp3) is 0.471. The number of nitrogens with zero attached hydrogens (tertiary/aromatic N) is 1. The van der Waals surface area contributed by atoms with Gasteiger partial charge in [0.15, 0.2) is 0 Å². The Kier molecular flexibility index (Phi) is 3.72. The number of aliphatic hydroxyl groups excluding tert-OH is 1. The van der Waals surface area contributed by atoms with Crippen molar-refractivity contribution in [1.29, 1.82) is 0 Å². The molecule has 0 aliphatic carbocycles. The first-order chi connectivity index (χ1) is 10.0. The van der Waals surface area contributed by atoms with Gasteiger partial charge >= 0.3 is 0 Å². The number of aryl methyl sites for hydroxylation is 2. The van der Waals surface area contributed by atoms with Gasteiger partial charge in [-0.3, -0.25) is 4.79 Å². The Balaban J connectivity index is 1.78. The van der Waals surface area contributed by atoms with Crippen molar-refractivity contribution in [2.24, 2.45) is 0 Å². The van der Waals surface area contributed by atoms with Gasteiger partial charge in [-0.05, 0) is 49.9 Å². The predicted molar refractivity (Wildman–Crippen MR) is 81.2 cm³/mol. The van der Waals surface area contributed by atoms with Crippen LogP contribution in [0.15, 0.2) is 22.8 Å². The van der Waals surface area contributed by atoms with Crippen LogP contribution in [0.2, 0.25) is 0 Å². The number of aliphatic hydroxyl groups is 1. The van der Waals surface area contributed by atoms with Crippen molar-refractivity contribution >= 4 is 16.9 Å². The summed E-state index contributed by atoms with van der Waals surface area (Å²) in [5.41, 5.74) is 4.19. The summed E-state index contributed by atoms with van der Waals surface area (Å²) < 4.78 is 5.58. The smallest absolute Gasteiger partial charge is 0.227 e. The summed E-state index contributed by atoms with van der Waals surface area (Å²) in [4.78, 5) is 14.2. The van der Waals surface area contributed by atoms with Gasteiger partial charge in [-0.25, -0.2) is 0 Å². The van der Waals surface area contributed by atoms with Crippen molar-refractivity contribution in [3.05, 3.63) is 35.1 Å². The molecule has 0 radical (unpaired) electrons. The third-order valence-electron chi connectivity index (χ3n) is 4.43. The molecule has 4 heteroatoms. The minimum Gasteiger partial charge on any atom is -0.464 e. The van der Waals surface area contributed by atoms with Crippen LogP contribution < -0.4 is 0 Å². The van der Waals surface area contributed by atoms with E-state index in [1.807, 2.05) is 11.0 Å². The molecule has 1 fully saturated rings. The molecule has 1 amide bonds. The number of benzene rings is 1. The Morgan fingerprint density at radius 1 is 1.29 bits per heavy atom. The number of likely N-dealkylation sites (tertiary alicyclic amines) is 1. The van der Waals surface area contributed by atoms with E-state index in [0.717, 1.165) is 16.5 Å². The van der Waals surface area contributed by atoms with Crippen LogP contribution in [0.5, 0.6) is 0 Å². The van der Waals surface area contributed by atoms with Crippen molar-refractivity contribution in [3.63, 3.8) is 0 Å². The number of furan rings is 1. The van der Waals surface area contributed by atoms with Crippen LogP contribution in [0.1, 0.15) is 29.5 Å². The molecule has 0 saturated carbocycles. The van der Waals surface area contributed by atoms with E-state index in [-0.39, 0.29) is 12.0 Å². The minimum atomic E-state index is -0.255. The molecule has 0 unspecified atom stereocenters. The van der Waals surface area contributed by atoms with E-state index >= 15 is 0 Å². The van der Waals surface area contributed by atoms with Crippen molar-refractivity contribution in [2.45, 2.75) is 39.2 Å². The topological polar surface area (TPSA) is 53.7 Å². The number of hydrogen-bond donors (Lipinski definition) is 1. The molecule has 4 nitrogen and oxygen atoms in total. The Morgan fingerprint density at radius 3 is 2.67 bits per heavy atom. The number of hydrogen-bond acceptors (Lipinski definition) is 3. The molecule has 1 aliphatic rings. The Labute approximate surface area is 124 Å². The second-order valence-corrected chi connectivity index (χ2v) is 5.98. The van der Waals surface area contributed by atoms with Gasteiger partial charge in [0.25, 0.3) is 0 Å². The van der Waals surface area contributed by atoms with Gasteiger partial charge in [0.05, 0.1) is 18.8 Å². The summed E-state index contributed by atoms with van der Waals surface area (Å²) in [6.45, 7) is 5.42. The number of carbonyl (C=O) groups excluding carboxylic acids is 1. The zero-order valence-corrected chi connectivity index (χ0v) is 12.6. The van der Waals surface area contributed by atoms with Gasteiger partial charge in [0.1, 0.15) is 5.58 Å². The molecule has 3 rings (SSSR count). The van der Waals surface area contributed by atoms with E-state index < -0.39 is 0 Å². The third kappa shape index (κ3) is 2.81. The summed E-state index contributed by atoms with van der Waals surface area (Å²) in [7, 11) is 0. The van der Waals surface area contributed by atoms with Crippen LogP contribution in [-0.2, 0) is 11.2 Å². The lowest BCUT2D eigenvalue weighted by atomic mass is 10.0. The molecule has 21 heavy (non-hydrogen) atoms. The van der Waals surface area contributed by atoms with E-state index in [9.17, 15) is 9.90 Å². The van der Waals surface area contributed by atoms with Crippen LogP contribution in [0.3, 0.4) is 0 Å². The summed E-state index contributed by atoms with van der Waals surface area (Å²) in [6, 6.07) is 4.12. The maximum Gasteiger partial charge on any atom is 0.227 e. The summed E-state index contributed by atoms with van der Waals surface area (Å²) in [5, 5.41) is 10.5. The molecule has 0 atom stereocenters. The highest BCUT2D eigenvalue weighted by molar-refractivity contribution is 5.88. The van der Waals surface area contributed by atoms with Gasteiger partial charge in [0, 0.05) is 24.0 Å². The second kappa shape index (κ2) is 5.53. The first kappa shape index (κ1) is 14.1. The van der Waals surface area contributed by atoms with E-state index in [1.54, 1.807) is 6.26 Å².